The molecule has 2 aliphatic rings. The van der Waals surface area contributed by atoms with Crippen LogP contribution >= 0.6 is 0 Å². The number of pyridine rings is 2. The lowest BCUT2D eigenvalue weighted by Gasteiger charge is -2.61. The van der Waals surface area contributed by atoms with Crippen molar-refractivity contribution < 1.29 is 18.7 Å². The second-order valence-corrected chi connectivity index (χ2v) is 11.4. The van der Waals surface area contributed by atoms with Gasteiger partial charge in [0.15, 0.2) is 11.6 Å². The molecule has 0 radical (unpaired) electrons. The standard InChI is InChI=1S/C29H30F2N6O2/c1-27(2,39)26(38)35-28(3,21-5-6-23(30)24(31)9-21)25-7-4-19(12-34-25)14-36-15-29(16-36)17-37(18-29)22-8-20(10-32)11-33-13-22/h4-9,11-13,39H,14-18H2,1-3H3,(H,35,38)/t28-/m0/s1. The van der Waals surface area contributed by atoms with Crippen molar-refractivity contribution >= 4 is 11.6 Å². The maximum Gasteiger partial charge on any atom is 0.252 e. The molecule has 5 rings (SSSR count). The molecule has 10 heteroatoms. The Morgan fingerprint density at radius 2 is 1.82 bits per heavy atom. The topological polar surface area (TPSA) is 105 Å². The van der Waals surface area contributed by atoms with Crippen LogP contribution in [0, 0.1) is 28.4 Å². The van der Waals surface area contributed by atoms with Gasteiger partial charge in [0, 0.05) is 50.5 Å². The summed E-state index contributed by atoms with van der Waals surface area (Å²) in [5, 5.41) is 22.1. The molecule has 2 aromatic heterocycles. The number of nitrogens with zero attached hydrogens (tertiary/aromatic N) is 5. The van der Waals surface area contributed by atoms with Gasteiger partial charge in [-0.15, -0.1) is 0 Å². The highest BCUT2D eigenvalue weighted by atomic mass is 19.2. The van der Waals surface area contributed by atoms with Crippen LogP contribution in [0.5, 0.6) is 0 Å². The highest BCUT2D eigenvalue weighted by Gasteiger charge is 2.51. The molecule has 2 aliphatic heterocycles. The van der Waals surface area contributed by atoms with Crippen LogP contribution in [0.3, 0.4) is 0 Å². The maximum atomic E-state index is 14.1. The minimum Gasteiger partial charge on any atom is -0.381 e. The molecule has 2 fully saturated rings. The number of anilines is 1. The van der Waals surface area contributed by atoms with Gasteiger partial charge < -0.3 is 15.3 Å². The number of hydrogen-bond acceptors (Lipinski definition) is 7. The van der Waals surface area contributed by atoms with Gasteiger partial charge >= 0.3 is 0 Å². The van der Waals surface area contributed by atoms with Gasteiger partial charge in [-0.05, 0) is 56.2 Å². The van der Waals surface area contributed by atoms with Crippen LogP contribution in [0.25, 0.3) is 0 Å². The summed E-state index contributed by atoms with van der Waals surface area (Å²) < 4.78 is 27.8. The van der Waals surface area contributed by atoms with Gasteiger partial charge in [-0.25, -0.2) is 8.78 Å². The van der Waals surface area contributed by atoms with E-state index in [1.165, 1.54) is 19.9 Å². The fourth-order valence-electron chi connectivity index (χ4n) is 5.37. The van der Waals surface area contributed by atoms with E-state index in [0.29, 0.717) is 23.4 Å². The van der Waals surface area contributed by atoms with E-state index in [-0.39, 0.29) is 5.41 Å². The molecule has 2 N–H and O–H groups in total. The van der Waals surface area contributed by atoms with Crippen molar-refractivity contribution in [3.05, 3.63) is 89.0 Å². The van der Waals surface area contributed by atoms with Crippen LogP contribution in [0.4, 0.5) is 14.5 Å². The molecule has 4 heterocycles. The molecule has 1 spiro atoms. The molecule has 1 amide bonds. The lowest BCUT2D eigenvalue weighted by atomic mass is 9.72. The number of halogens is 2. The molecule has 3 aromatic rings. The Hall–Kier alpha value is -3.94. The quantitative estimate of drug-likeness (QED) is 0.482. The van der Waals surface area contributed by atoms with Crippen molar-refractivity contribution in [1.29, 1.82) is 5.26 Å². The number of likely N-dealkylation sites (tertiary alicyclic amines) is 1. The SMILES string of the molecule is CC(C)(O)C(=O)N[C@@](C)(c1ccc(F)c(F)c1)c1ccc(CN2CC3(C2)CN(c2cncc(C#N)c2)C3)cn1. The second kappa shape index (κ2) is 9.67. The fraction of sp³-hybridized carbons (Fsp3) is 0.379. The Morgan fingerprint density at radius 1 is 1.08 bits per heavy atom. The molecule has 1 atom stereocenters. The van der Waals surface area contributed by atoms with E-state index >= 15 is 0 Å². The molecule has 0 aliphatic carbocycles. The fourth-order valence-corrected chi connectivity index (χ4v) is 5.37. The van der Waals surface area contributed by atoms with Crippen LogP contribution in [0.1, 0.15) is 43.2 Å². The second-order valence-electron chi connectivity index (χ2n) is 11.4. The van der Waals surface area contributed by atoms with Gasteiger partial charge in [-0.1, -0.05) is 12.1 Å². The molecule has 0 unspecified atom stereocenters. The number of nitriles is 1. The van der Waals surface area contributed by atoms with Crippen molar-refractivity contribution in [3.63, 3.8) is 0 Å². The van der Waals surface area contributed by atoms with Crippen molar-refractivity contribution in [3.8, 4) is 6.07 Å². The molecule has 8 nitrogen and oxygen atoms in total. The molecular formula is C29H30F2N6O2. The third kappa shape index (κ3) is 5.20. The highest BCUT2D eigenvalue weighted by Crippen LogP contribution is 2.42. The number of carbonyl (C=O) groups is 1. The summed E-state index contributed by atoms with van der Waals surface area (Å²) in [4.78, 5) is 26.0. The van der Waals surface area contributed by atoms with Gasteiger partial charge in [0.2, 0.25) is 0 Å². The minimum absolute atomic E-state index is 0.239. The smallest absolute Gasteiger partial charge is 0.252 e. The van der Waals surface area contributed by atoms with Crippen molar-refractivity contribution in [2.24, 2.45) is 5.41 Å². The van der Waals surface area contributed by atoms with E-state index in [2.05, 4.69) is 31.2 Å². The molecule has 202 valence electrons. The van der Waals surface area contributed by atoms with Gasteiger partial charge in [-0.3, -0.25) is 19.7 Å². The summed E-state index contributed by atoms with van der Waals surface area (Å²) in [5.41, 5.74) is 0.489. The number of benzene rings is 1. The number of rotatable bonds is 7. The first-order valence-electron chi connectivity index (χ1n) is 12.7. The number of aromatic nitrogens is 2. The van der Waals surface area contributed by atoms with E-state index in [0.717, 1.165) is 49.6 Å². The molecular weight excluding hydrogens is 502 g/mol. The average molecular weight is 533 g/mol. The van der Waals surface area contributed by atoms with Crippen LogP contribution < -0.4 is 10.2 Å². The normalized spacial score (nSPS) is 18.0. The molecule has 39 heavy (non-hydrogen) atoms. The number of nitrogens with one attached hydrogen (secondary N) is 1. The Labute approximate surface area is 225 Å². The zero-order chi connectivity index (χ0) is 28.0. The first-order chi connectivity index (χ1) is 18.4. The van der Waals surface area contributed by atoms with Gasteiger partial charge in [0.25, 0.3) is 5.91 Å². The predicted molar refractivity (Wildman–Crippen MR) is 140 cm³/mol. The summed E-state index contributed by atoms with van der Waals surface area (Å²) in [5.74, 6) is -2.70. The van der Waals surface area contributed by atoms with Gasteiger partial charge in [0.05, 0.1) is 23.1 Å². The summed E-state index contributed by atoms with van der Waals surface area (Å²) in [7, 11) is 0. The monoisotopic (exact) mass is 532 g/mol. The predicted octanol–water partition coefficient (Wildman–Crippen LogP) is 3.10. The van der Waals surface area contributed by atoms with E-state index < -0.39 is 28.7 Å². The number of aliphatic hydroxyl groups is 1. The third-order valence-corrected chi connectivity index (χ3v) is 7.55. The molecule has 0 bridgehead atoms. The Morgan fingerprint density at radius 3 is 2.44 bits per heavy atom. The van der Waals surface area contributed by atoms with Gasteiger partial charge in [0.1, 0.15) is 17.2 Å². The van der Waals surface area contributed by atoms with Crippen LogP contribution in [0.15, 0.2) is 55.0 Å². The molecule has 2 saturated heterocycles. The summed E-state index contributed by atoms with van der Waals surface area (Å²) in [6.07, 6.45) is 5.07. The van der Waals surface area contributed by atoms with E-state index in [9.17, 15) is 18.7 Å². The van der Waals surface area contributed by atoms with Crippen molar-refractivity contribution in [1.82, 2.24) is 20.2 Å². The lowest BCUT2D eigenvalue weighted by Crippen LogP contribution is -2.72. The van der Waals surface area contributed by atoms with Crippen LogP contribution in [0.2, 0.25) is 0 Å². The van der Waals surface area contributed by atoms with E-state index in [1.807, 2.05) is 12.1 Å². The van der Waals surface area contributed by atoms with Crippen LogP contribution in [-0.4, -0.2) is 57.7 Å². The zero-order valence-corrected chi connectivity index (χ0v) is 22.1. The zero-order valence-electron chi connectivity index (χ0n) is 22.1. The molecule has 0 saturated carbocycles. The van der Waals surface area contributed by atoms with E-state index in [4.69, 9.17) is 5.26 Å². The lowest BCUT2D eigenvalue weighted by molar-refractivity contribution is -0.138. The summed E-state index contributed by atoms with van der Waals surface area (Å²) >= 11 is 0. The highest BCUT2D eigenvalue weighted by molar-refractivity contribution is 5.85. The van der Waals surface area contributed by atoms with Gasteiger partial charge in [-0.2, -0.15) is 5.26 Å². The first-order valence-corrected chi connectivity index (χ1v) is 12.7. The third-order valence-electron chi connectivity index (χ3n) is 7.55. The number of carbonyl (C=O) groups excluding carboxylic acids is 1. The largest absolute Gasteiger partial charge is 0.381 e. The average Bonchev–Trinajstić information content (AvgIpc) is 2.86. The Kier molecular flexibility index (Phi) is 6.61. The number of hydrogen-bond donors (Lipinski definition) is 2. The minimum atomic E-state index is -1.68. The Balaban J connectivity index is 1.25. The molecule has 1 aromatic carbocycles. The summed E-state index contributed by atoms with van der Waals surface area (Å²) in [6, 6.07) is 11.1. The summed E-state index contributed by atoms with van der Waals surface area (Å²) in [6.45, 7) is 8.80. The van der Waals surface area contributed by atoms with Crippen molar-refractivity contribution in [2.45, 2.75) is 38.5 Å². The maximum absolute atomic E-state index is 14.1. The first kappa shape index (κ1) is 26.7. The number of amides is 1. The Bertz CT molecular complexity index is 1440. The van der Waals surface area contributed by atoms with Crippen molar-refractivity contribution in [2.75, 3.05) is 31.1 Å². The van der Waals surface area contributed by atoms with Crippen LogP contribution in [-0.2, 0) is 16.9 Å². The van der Waals surface area contributed by atoms with E-state index in [1.54, 1.807) is 31.6 Å².